The van der Waals surface area contributed by atoms with Gasteiger partial charge in [0.25, 0.3) is 5.91 Å². The molecule has 0 aliphatic heterocycles. The second-order valence-electron chi connectivity index (χ2n) is 14.7. The summed E-state index contributed by atoms with van der Waals surface area (Å²) in [6.45, 7) is 9.44. The summed E-state index contributed by atoms with van der Waals surface area (Å²) in [5.41, 5.74) is 6.42. The van der Waals surface area contributed by atoms with E-state index >= 15 is 0 Å². The third-order valence-electron chi connectivity index (χ3n) is 9.38. The molecule has 6 aromatic rings. The fourth-order valence-electron chi connectivity index (χ4n) is 5.97. The van der Waals surface area contributed by atoms with Gasteiger partial charge in [0.1, 0.15) is 11.6 Å². The zero-order valence-electron chi connectivity index (χ0n) is 32.9. The molecule has 6 N–H and O–H groups in total. The van der Waals surface area contributed by atoms with E-state index in [1.54, 1.807) is 59.7 Å². The van der Waals surface area contributed by atoms with E-state index in [0.717, 1.165) is 22.3 Å². The number of amides is 1. The molecule has 0 fully saturated rings. The maximum Gasteiger partial charge on any atom is 0.346 e. The van der Waals surface area contributed by atoms with Crippen molar-refractivity contribution in [1.29, 1.82) is 10.5 Å². The van der Waals surface area contributed by atoms with Gasteiger partial charge in [0.05, 0.1) is 29.0 Å². The van der Waals surface area contributed by atoms with Gasteiger partial charge in [-0.05, 0) is 89.1 Å². The summed E-state index contributed by atoms with van der Waals surface area (Å²) in [5, 5.41) is 29.3. The molecular formula is C42H42F6N8O3+2. The summed E-state index contributed by atoms with van der Waals surface area (Å²) >= 11 is 0. The highest BCUT2D eigenvalue weighted by molar-refractivity contribution is 5.77. The largest absolute Gasteiger partial charge is 0.478 e. The van der Waals surface area contributed by atoms with E-state index in [1.165, 1.54) is 47.6 Å². The summed E-state index contributed by atoms with van der Waals surface area (Å²) < 4.78 is 84.3. The SMILES string of the molecule is CC(N)c1ccc(C(C)(C)C#N)c(F)c1.CC(NC(=O)C[n+]1c[nH]c2ccc(F)c(F)c21)c1ccc(C(C)(C)C#N)c(F)c1.O=C(O)C[n+]1c[nH]c2ccc(F)c(F)c21. The molecule has 0 aliphatic carbocycles. The molecule has 6 rings (SSSR count). The summed E-state index contributed by atoms with van der Waals surface area (Å²) in [6.07, 6.45) is 2.68. The Morgan fingerprint density at radius 1 is 0.712 bits per heavy atom. The van der Waals surface area contributed by atoms with Crippen LogP contribution < -0.4 is 20.2 Å². The van der Waals surface area contributed by atoms with Crippen LogP contribution in [-0.2, 0) is 33.5 Å². The fourth-order valence-corrected chi connectivity index (χ4v) is 5.97. The van der Waals surface area contributed by atoms with Gasteiger partial charge in [-0.15, -0.1) is 0 Å². The number of carboxylic acid groups (broad SMARTS) is 1. The number of nitriles is 2. The summed E-state index contributed by atoms with van der Waals surface area (Å²) in [4.78, 5) is 28.3. The number of hydrogen-bond acceptors (Lipinski definition) is 5. The number of nitrogens with one attached hydrogen (secondary N) is 3. The predicted molar refractivity (Wildman–Crippen MR) is 204 cm³/mol. The molecule has 11 nitrogen and oxygen atoms in total. The standard InChI is InChI=1S/C21H19F3N4O.C12H15FN2.C9H6F2N2O2/c1-12(13-4-5-14(16(23)8-13)21(2,3)10-25)27-18(29)9-28-11-26-17-7-6-15(22)19(24)20(17)28;1-8(15)9-4-5-10(11(13)6-9)12(2,3)7-14;10-5-1-2-6-9(8(5)11)13(4-12-6)3-7(14)15/h4-8,11-12H,9H2,1-3H3,(H,27,29);4-6,8H,15H2,1-3H3;1-2,4H,3H2,(H,14,15)/p+2. The Balaban J connectivity index is 0.000000215. The topological polar surface area (TPSA) is 179 Å². The van der Waals surface area contributed by atoms with E-state index in [1.807, 2.05) is 0 Å². The monoisotopic (exact) mass is 820 g/mol. The first-order valence-electron chi connectivity index (χ1n) is 18.0. The van der Waals surface area contributed by atoms with Gasteiger partial charge in [0.15, 0.2) is 35.8 Å². The zero-order chi connectivity index (χ0) is 44.0. The van der Waals surface area contributed by atoms with Crippen molar-refractivity contribution in [1.82, 2.24) is 15.3 Å². The number of rotatable bonds is 9. The second-order valence-corrected chi connectivity index (χ2v) is 14.7. The van der Waals surface area contributed by atoms with E-state index in [9.17, 15) is 41.2 Å². The molecule has 0 saturated carbocycles. The molecule has 0 bridgehead atoms. The Morgan fingerprint density at radius 3 is 1.54 bits per heavy atom. The van der Waals surface area contributed by atoms with Crippen molar-refractivity contribution < 1.29 is 50.2 Å². The second kappa shape index (κ2) is 18.3. The van der Waals surface area contributed by atoms with Gasteiger partial charge in [-0.1, -0.05) is 24.3 Å². The lowest BCUT2D eigenvalue weighted by Gasteiger charge is -2.19. The average Bonchev–Trinajstić information content (AvgIpc) is 3.78. The molecule has 0 radical (unpaired) electrons. The highest BCUT2D eigenvalue weighted by atomic mass is 19.2. The molecule has 59 heavy (non-hydrogen) atoms. The number of imidazole rings is 2. The van der Waals surface area contributed by atoms with E-state index in [4.69, 9.17) is 16.1 Å². The first kappa shape index (κ1) is 45.0. The van der Waals surface area contributed by atoms with Crippen molar-refractivity contribution in [2.75, 3.05) is 0 Å². The Morgan fingerprint density at radius 2 is 1.14 bits per heavy atom. The van der Waals surface area contributed by atoms with Crippen LogP contribution in [0.4, 0.5) is 26.3 Å². The molecule has 2 heterocycles. The van der Waals surface area contributed by atoms with Gasteiger partial charge >= 0.3 is 5.97 Å². The van der Waals surface area contributed by atoms with Crippen LogP contribution >= 0.6 is 0 Å². The molecule has 2 aromatic heterocycles. The molecule has 4 aromatic carbocycles. The predicted octanol–water partition coefficient (Wildman–Crippen LogP) is 7.02. The van der Waals surface area contributed by atoms with Crippen LogP contribution in [0.3, 0.4) is 0 Å². The third kappa shape index (κ3) is 10.4. The van der Waals surface area contributed by atoms with Gasteiger partial charge < -0.3 is 16.2 Å². The van der Waals surface area contributed by atoms with E-state index in [-0.39, 0.29) is 35.0 Å². The lowest BCUT2D eigenvalue weighted by atomic mass is 9.85. The van der Waals surface area contributed by atoms with Gasteiger partial charge in [-0.25, -0.2) is 41.5 Å². The smallest absolute Gasteiger partial charge is 0.346 e. The van der Waals surface area contributed by atoms with Crippen molar-refractivity contribution in [2.45, 2.75) is 77.5 Å². The zero-order valence-corrected chi connectivity index (χ0v) is 32.9. The minimum absolute atomic E-state index is 0.0399. The Kier molecular flexibility index (Phi) is 13.9. The summed E-state index contributed by atoms with van der Waals surface area (Å²) in [7, 11) is 0. The summed E-state index contributed by atoms with van der Waals surface area (Å²) in [6, 6.07) is 17.4. The maximum atomic E-state index is 14.4. The number of nitrogens with zero attached hydrogens (tertiary/aromatic N) is 4. The number of aromatic amines is 2. The van der Waals surface area contributed by atoms with Gasteiger partial charge in [-0.2, -0.15) is 19.3 Å². The van der Waals surface area contributed by atoms with Crippen molar-refractivity contribution in [3.05, 3.63) is 130 Å². The summed E-state index contributed by atoms with van der Waals surface area (Å²) in [5.74, 6) is -6.55. The fraction of sp³-hybridized carbons (Fsp3) is 0.286. The number of carbonyl (C=O) groups is 2. The number of hydrogen-bond donors (Lipinski definition) is 5. The lowest BCUT2D eigenvalue weighted by Crippen LogP contribution is -2.43. The Labute approximate surface area is 335 Å². The maximum absolute atomic E-state index is 14.4. The molecule has 0 aliphatic rings. The molecule has 2 unspecified atom stereocenters. The van der Waals surface area contributed by atoms with Crippen LogP contribution in [0.2, 0.25) is 0 Å². The van der Waals surface area contributed by atoms with Crippen molar-refractivity contribution in [3.63, 3.8) is 0 Å². The highest BCUT2D eigenvalue weighted by Crippen LogP contribution is 2.28. The molecular weight excluding hydrogens is 779 g/mol. The molecule has 2 atom stereocenters. The van der Waals surface area contributed by atoms with Gasteiger partial charge in [-0.3, -0.25) is 4.79 Å². The van der Waals surface area contributed by atoms with Crippen LogP contribution in [0, 0.1) is 57.6 Å². The lowest BCUT2D eigenvalue weighted by molar-refractivity contribution is -0.660. The van der Waals surface area contributed by atoms with E-state index in [0.29, 0.717) is 22.2 Å². The highest BCUT2D eigenvalue weighted by Gasteiger charge is 2.26. The molecule has 308 valence electrons. The number of aromatic nitrogens is 4. The number of halogens is 6. The van der Waals surface area contributed by atoms with Crippen LogP contribution in [0.5, 0.6) is 0 Å². The molecule has 1 amide bonds. The van der Waals surface area contributed by atoms with Gasteiger partial charge in [0, 0.05) is 17.2 Å². The van der Waals surface area contributed by atoms with Crippen LogP contribution in [0.25, 0.3) is 22.1 Å². The first-order chi connectivity index (χ1) is 27.6. The Bertz CT molecular complexity index is 2610. The number of carbonyl (C=O) groups excluding carboxylic acids is 1. The minimum atomic E-state index is -1.12. The number of fused-ring (bicyclic) bond motifs is 2. The number of aliphatic carboxylic acids is 1. The normalized spacial score (nSPS) is 12.3. The molecule has 17 heteroatoms. The van der Waals surface area contributed by atoms with Crippen molar-refractivity contribution in [3.8, 4) is 12.1 Å². The molecule has 0 saturated heterocycles. The van der Waals surface area contributed by atoms with E-state index in [2.05, 4.69) is 27.4 Å². The average molecular weight is 821 g/mol. The quantitative estimate of drug-likeness (QED) is 0.0773. The third-order valence-corrected chi connectivity index (χ3v) is 9.38. The van der Waals surface area contributed by atoms with Gasteiger partial charge in [0.2, 0.25) is 35.3 Å². The number of benzene rings is 4. The Hall–Kier alpha value is -6.72. The van der Waals surface area contributed by atoms with E-state index < -0.39 is 64.4 Å². The van der Waals surface area contributed by atoms with Crippen LogP contribution in [0.15, 0.2) is 73.3 Å². The molecule has 0 spiro atoms. The number of nitrogens with two attached hydrogens (primary N) is 1. The van der Waals surface area contributed by atoms with Crippen LogP contribution in [-0.4, -0.2) is 27.0 Å². The van der Waals surface area contributed by atoms with Crippen molar-refractivity contribution in [2.24, 2.45) is 5.73 Å². The first-order valence-corrected chi connectivity index (χ1v) is 18.0. The van der Waals surface area contributed by atoms with Crippen molar-refractivity contribution >= 4 is 33.9 Å². The minimum Gasteiger partial charge on any atom is -0.478 e. The van der Waals surface area contributed by atoms with Crippen LogP contribution in [0.1, 0.15) is 75.9 Å². The number of H-pyrrole nitrogens is 2. The number of carboxylic acids is 1.